The summed E-state index contributed by atoms with van der Waals surface area (Å²) in [4.78, 5) is 23.4. The van der Waals surface area contributed by atoms with Crippen LogP contribution in [0.4, 0.5) is 0 Å². The molecule has 4 nitrogen and oxygen atoms in total. The molecular formula is C15H16Cl3NO3. The van der Waals surface area contributed by atoms with E-state index in [1.165, 1.54) is 0 Å². The summed E-state index contributed by atoms with van der Waals surface area (Å²) in [6, 6.07) is 7.37. The number of ether oxygens (including phenoxy) is 1. The molecule has 1 N–H and O–H groups in total. The number of benzene rings is 1. The topological polar surface area (TPSA) is 55.4 Å². The SMILES string of the molecule is C[C@@]1(C(=O)OCC(=O)NCCc2ccc(Cl)cc2)CC1(Cl)Cl. The van der Waals surface area contributed by atoms with Crippen LogP contribution in [0.15, 0.2) is 24.3 Å². The van der Waals surface area contributed by atoms with Gasteiger partial charge in [-0.25, -0.2) is 0 Å². The molecule has 0 heterocycles. The fourth-order valence-corrected chi connectivity index (χ4v) is 2.77. The minimum Gasteiger partial charge on any atom is -0.455 e. The molecule has 1 aromatic rings. The molecule has 7 heteroatoms. The number of hydrogen-bond donors (Lipinski definition) is 1. The molecule has 1 atom stereocenters. The predicted octanol–water partition coefficient (Wildman–Crippen LogP) is 3.13. The van der Waals surface area contributed by atoms with Crippen molar-refractivity contribution < 1.29 is 14.3 Å². The van der Waals surface area contributed by atoms with E-state index in [4.69, 9.17) is 39.5 Å². The number of esters is 1. The van der Waals surface area contributed by atoms with Crippen molar-refractivity contribution in [1.29, 1.82) is 0 Å². The summed E-state index contributed by atoms with van der Waals surface area (Å²) in [6.45, 7) is 1.73. The van der Waals surface area contributed by atoms with Gasteiger partial charge < -0.3 is 10.1 Å². The molecular weight excluding hydrogens is 349 g/mol. The van der Waals surface area contributed by atoms with Gasteiger partial charge in [0.15, 0.2) is 6.61 Å². The minimum absolute atomic E-state index is 0.333. The molecule has 1 aliphatic rings. The molecule has 1 fully saturated rings. The highest BCUT2D eigenvalue weighted by molar-refractivity contribution is 6.53. The Labute approximate surface area is 144 Å². The van der Waals surface area contributed by atoms with Gasteiger partial charge in [-0.15, -0.1) is 23.2 Å². The summed E-state index contributed by atoms with van der Waals surface area (Å²) >= 11 is 17.5. The zero-order chi connectivity index (χ0) is 16.4. The van der Waals surface area contributed by atoms with Crippen LogP contribution in [0.1, 0.15) is 18.9 Å². The van der Waals surface area contributed by atoms with Gasteiger partial charge >= 0.3 is 5.97 Å². The second kappa shape index (κ2) is 6.65. The van der Waals surface area contributed by atoms with Gasteiger partial charge in [-0.2, -0.15) is 0 Å². The lowest BCUT2D eigenvalue weighted by molar-refractivity contribution is -0.153. The first-order valence-corrected chi connectivity index (χ1v) is 7.94. The van der Waals surface area contributed by atoms with Crippen LogP contribution in [0.25, 0.3) is 0 Å². The smallest absolute Gasteiger partial charge is 0.315 e. The van der Waals surface area contributed by atoms with Crippen LogP contribution in [-0.4, -0.2) is 29.4 Å². The number of hydrogen-bond acceptors (Lipinski definition) is 3. The molecule has 2 rings (SSSR count). The molecule has 1 aromatic carbocycles. The number of halogens is 3. The molecule has 0 unspecified atom stereocenters. The van der Waals surface area contributed by atoms with Crippen molar-refractivity contribution in [1.82, 2.24) is 5.32 Å². The van der Waals surface area contributed by atoms with Crippen molar-refractivity contribution >= 4 is 46.7 Å². The molecule has 0 spiro atoms. The van der Waals surface area contributed by atoms with E-state index in [2.05, 4.69) is 5.32 Å². The zero-order valence-corrected chi connectivity index (χ0v) is 14.3. The summed E-state index contributed by atoms with van der Waals surface area (Å²) in [5.74, 6) is -0.911. The molecule has 22 heavy (non-hydrogen) atoms. The van der Waals surface area contributed by atoms with Crippen LogP contribution in [0.5, 0.6) is 0 Å². The van der Waals surface area contributed by atoms with E-state index in [9.17, 15) is 9.59 Å². The summed E-state index contributed by atoms with van der Waals surface area (Å²) in [5, 5.41) is 3.35. The Balaban J connectivity index is 1.66. The lowest BCUT2D eigenvalue weighted by Gasteiger charge is -2.11. The average molecular weight is 365 g/mol. The van der Waals surface area contributed by atoms with E-state index in [-0.39, 0.29) is 12.5 Å². The first-order chi connectivity index (χ1) is 10.2. The highest BCUT2D eigenvalue weighted by Crippen LogP contribution is 2.64. The largest absolute Gasteiger partial charge is 0.455 e. The van der Waals surface area contributed by atoms with Crippen molar-refractivity contribution in [2.24, 2.45) is 5.41 Å². The molecule has 1 aliphatic carbocycles. The molecule has 0 saturated heterocycles. The van der Waals surface area contributed by atoms with Crippen molar-refractivity contribution in [3.63, 3.8) is 0 Å². The quantitative estimate of drug-likeness (QED) is 0.623. The third kappa shape index (κ3) is 4.06. The second-order valence-corrected chi connectivity index (χ2v) is 7.44. The second-order valence-electron chi connectivity index (χ2n) is 5.52. The Morgan fingerprint density at radius 2 is 1.86 bits per heavy atom. The van der Waals surface area contributed by atoms with Gasteiger partial charge in [0.1, 0.15) is 9.75 Å². The maximum Gasteiger partial charge on any atom is 0.315 e. The fourth-order valence-electron chi connectivity index (χ4n) is 1.96. The van der Waals surface area contributed by atoms with Gasteiger partial charge in [0, 0.05) is 18.0 Å². The van der Waals surface area contributed by atoms with E-state index in [0.717, 1.165) is 5.56 Å². The third-order valence-corrected chi connectivity index (χ3v) is 5.05. The monoisotopic (exact) mass is 363 g/mol. The first-order valence-electron chi connectivity index (χ1n) is 6.81. The standard InChI is InChI=1S/C15H16Cl3NO3/c1-14(9-15(14,17)18)13(21)22-8-12(20)19-7-6-10-2-4-11(16)5-3-10/h2-5H,6-9H2,1H3,(H,19,20)/t14-/m0/s1. The Kier molecular flexibility index (Phi) is 5.25. The Morgan fingerprint density at radius 3 is 2.41 bits per heavy atom. The first kappa shape index (κ1) is 17.4. The lowest BCUT2D eigenvalue weighted by atomic mass is 10.1. The summed E-state index contributed by atoms with van der Waals surface area (Å²) in [6.07, 6.45) is 1.00. The fraction of sp³-hybridized carbons (Fsp3) is 0.467. The van der Waals surface area contributed by atoms with Crippen LogP contribution in [0, 0.1) is 5.41 Å². The number of carbonyl (C=O) groups is 2. The van der Waals surface area contributed by atoms with E-state index in [1.54, 1.807) is 19.1 Å². The van der Waals surface area contributed by atoms with E-state index < -0.39 is 15.7 Å². The van der Waals surface area contributed by atoms with Gasteiger partial charge in [0.25, 0.3) is 5.91 Å². The van der Waals surface area contributed by atoms with Crippen molar-refractivity contribution in [2.45, 2.75) is 24.1 Å². The maximum atomic E-state index is 11.8. The molecule has 1 saturated carbocycles. The molecule has 1 amide bonds. The number of nitrogens with one attached hydrogen (secondary N) is 1. The highest BCUT2D eigenvalue weighted by atomic mass is 35.5. The van der Waals surface area contributed by atoms with E-state index in [0.29, 0.717) is 24.4 Å². The lowest BCUT2D eigenvalue weighted by Crippen LogP contribution is -2.32. The van der Waals surface area contributed by atoms with Crippen LogP contribution in [0.3, 0.4) is 0 Å². The minimum atomic E-state index is -1.09. The van der Waals surface area contributed by atoms with Crippen molar-refractivity contribution in [3.05, 3.63) is 34.9 Å². The van der Waals surface area contributed by atoms with Crippen molar-refractivity contribution in [2.75, 3.05) is 13.2 Å². The molecule has 0 aromatic heterocycles. The normalized spacial score (nSPS) is 22.0. The van der Waals surface area contributed by atoms with Gasteiger partial charge in [-0.3, -0.25) is 9.59 Å². The molecule has 0 aliphatic heterocycles. The highest BCUT2D eigenvalue weighted by Gasteiger charge is 2.69. The van der Waals surface area contributed by atoms with Crippen LogP contribution >= 0.6 is 34.8 Å². The van der Waals surface area contributed by atoms with E-state index >= 15 is 0 Å². The van der Waals surface area contributed by atoms with Gasteiger partial charge in [-0.1, -0.05) is 23.7 Å². The van der Waals surface area contributed by atoms with Crippen LogP contribution in [-0.2, 0) is 20.7 Å². The average Bonchev–Trinajstić information content (AvgIpc) is 2.98. The summed E-state index contributed by atoms with van der Waals surface area (Å²) < 4.78 is 3.86. The third-order valence-electron chi connectivity index (χ3n) is 3.69. The summed E-state index contributed by atoms with van der Waals surface area (Å²) in [7, 11) is 0. The summed E-state index contributed by atoms with van der Waals surface area (Å²) in [5.41, 5.74) is 0.140. The van der Waals surface area contributed by atoms with E-state index in [1.807, 2.05) is 12.1 Å². The maximum absolute atomic E-state index is 11.8. The zero-order valence-electron chi connectivity index (χ0n) is 12.0. The Morgan fingerprint density at radius 1 is 1.27 bits per heavy atom. The number of rotatable bonds is 6. The predicted molar refractivity (Wildman–Crippen MR) is 86.3 cm³/mol. The molecule has 120 valence electrons. The van der Waals surface area contributed by atoms with Crippen LogP contribution < -0.4 is 5.32 Å². The van der Waals surface area contributed by atoms with Crippen LogP contribution in [0.2, 0.25) is 5.02 Å². The molecule has 0 bridgehead atoms. The van der Waals surface area contributed by atoms with Gasteiger partial charge in [0.2, 0.25) is 0 Å². The Hall–Kier alpha value is -0.970. The number of alkyl halides is 2. The number of amides is 1. The Bertz CT molecular complexity index is 574. The van der Waals surface area contributed by atoms with Gasteiger partial charge in [0.05, 0.1) is 0 Å². The van der Waals surface area contributed by atoms with Crippen molar-refractivity contribution in [3.8, 4) is 0 Å². The number of carbonyl (C=O) groups excluding carboxylic acids is 2. The van der Waals surface area contributed by atoms with Gasteiger partial charge in [-0.05, 0) is 31.0 Å². The molecule has 0 radical (unpaired) electrons.